The van der Waals surface area contributed by atoms with Crippen LogP contribution in [0.25, 0.3) is 0 Å². The summed E-state index contributed by atoms with van der Waals surface area (Å²) in [5.41, 5.74) is 2.55. The molecule has 4 amide bonds. The van der Waals surface area contributed by atoms with Crippen molar-refractivity contribution in [3.8, 4) is 0 Å². The summed E-state index contributed by atoms with van der Waals surface area (Å²) in [6, 6.07) is 16.1. The van der Waals surface area contributed by atoms with Crippen molar-refractivity contribution in [3.63, 3.8) is 0 Å². The molecule has 1 fully saturated rings. The molecule has 4 rings (SSSR count). The highest BCUT2D eigenvalue weighted by molar-refractivity contribution is 6.01. The zero-order valence-corrected chi connectivity index (χ0v) is 25.4. The molecule has 43 heavy (non-hydrogen) atoms. The number of ether oxygens (including phenoxy) is 1. The number of anilines is 1. The van der Waals surface area contributed by atoms with Crippen LogP contribution in [0.1, 0.15) is 76.5 Å². The first kappa shape index (κ1) is 31.9. The van der Waals surface area contributed by atoms with E-state index in [1.165, 1.54) is 5.56 Å². The second kappa shape index (κ2) is 13.5. The van der Waals surface area contributed by atoms with Gasteiger partial charge < -0.3 is 19.8 Å². The Morgan fingerprint density at radius 3 is 2.12 bits per heavy atom. The van der Waals surface area contributed by atoms with Crippen molar-refractivity contribution >= 4 is 35.3 Å². The predicted octanol–water partition coefficient (Wildman–Crippen LogP) is 4.03. The van der Waals surface area contributed by atoms with Gasteiger partial charge in [-0.3, -0.25) is 19.2 Å². The van der Waals surface area contributed by atoms with Gasteiger partial charge in [-0.05, 0) is 69.7 Å². The van der Waals surface area contributed by atoms with Crippen LogP contribution in [-0.4, -0.2) is 53.4 Å². The van der Waals surface area contributed by atoms with E-state index in [-0.39, 0.29) is 44.1 Å². The van der Waals surface area contributed by atoms with E-state index in [1.807, 2.05) is 44.2 Å². The Bertz CT molecular complexity index is 1370. The Labute approximate surface area is 252 Å². The Morgan fingerprint density at radius 1 is 0.814 bits per heavy atom. The minimum absolute atomic E-state index is 0.0159. The third-order valence-electron chi connectivity index (χ3n) is 7.87. The molecule has 1 N–H and O–H groups in total. The van der Waals surface area contributed by atoms with Crippen LogP contribution in [-0.2, 0) is 52.9 Å². The summed E-state index contributed by atoms with van der Waals surface area (Å²) < 4.78 is 5.98. The largest absolute Gasteiger partial charge is 0.374 e. The average molecular weight is 592 g/mol. The number of hydrogen-bond donors (Lipinski definition) is 1. The molecule has 10 nitrogen and oxygen atoms in total. The van der Waals surface area contributed by atoms with Gasteiger partial charge in [0.2, 0.25) is 11.8 Å². The smallest absolute Gasteiger partial charge is 0.341 e. The zero-order valence-electron chi connectivity index (χ0n) is 25.4. The van der Waals surface area contributed by atoms with Crippen LogP contribution in [0, 0.1) is 5.41 Å². The molecule has 2 heterocycles. The predicted molar refractivity (Wildman–Crippen MR) is 159 cm³/mol. The molecule has 0 bridgehead atoms. The van der Waals surface area contributed by atoms with Crippen LogP contribution in [0.2, 0.25) is 0 Å². The summed E-state index contributed by atoms with van der Waals surface area (Å²) in [6.45, 7) is 7.67. The van der Waals surface area contributed by atoms with Crippen molar-refractivity contribution in [3.05, 3.63) is 65.2 Å². The summed E-state index contributed by atoms with van der Waals surface area (Å²) in [7, 11) is 0. The number of carbonyl (C=O) groups is 5. The number of hydroxylamine groups is 2. The van der Waals surface area contributed by atoms with Gasteiger partial charge in [-0.25, -0.2) is 4.79 Å². The Kier molecular flexibility index (Phi) is 10.0. The number of hydrogen-bond acceptors (Lipinski definition) is 7. The lowest BCUT2D eigenvalue weighted by atomic mass is 9.94. The van der Waals surface area contributed by atoms with E-state index in [2.05, 4.69) is 23.5 Å². The van der Waals surface area contributed by atoms with E-state index in [4.69, 9.17) is 9.57 Å². The van der Waals surface area contributed by atoms with Crippen LogP contribution in [0.5, 0.6) is 0 Å². The summed E-state index contributed by atoms with van der Waals surface area (Å²) in [5.74, 6) is -2.14. The zero-order chi connectivity index (χ0) is 31.2. The van der Waals surface area contributed by atoms with Crippen molar-refractivity contribution in [2.75, 3.05) is 18.1 Å². The van der Waals surface area contributed by atoms with E-state index in [0.29, 0.717) is 24.6 Å². The van der Waals surface area contributed by atoms with Gasteiger partial charge in [0.1, 0.15) is 0 Å². The molecule has 0 atom stereocenters. The molecule has 10 heteroatoms. The van der Waals surface area contributed by atoms with Gasteiger partial charge in [-0.1, -0.05) is 42.5 Å². The van der Waals surface area contributed by atoms with E-state index in [0.717, 1.165) is 29.7 Å². The Hall–Kier alpha value is -4.05. The van der Waals surface area contributed by atoms with E-state index < -0.39 is 28.8 Å². The SMILES string of the molecule is CC(C)(CCNC(=O)CCC(=O)N1Cc2ccccc2CCc2ccccc21)OCC(C)(C)C(=O)ON1C(=O)CCC1=O. The van der Waals surface area contributed by atoms with Crippen LogP contribution >= 0.6 is 0 Å². The maximum atomic E-state index is 13.4. The number of carbonyl (C=O) groups excluding carboxylic acids is 5. The maximum Gasteiger partial charge on any atom is 0.341 e. The first-order chi connectivity index (χ1) is 20.4. The molecule has 2 aliphatic heterocycles. The quantitative estimate of drug-likeness (QED) is 0.392. The molecule has 0 saturated carbocycles. The molecule has 0 aliphatic carbocycles. The second-order valence-corrected chi connectivity index (χ2v) is 12.4. The van der Waals surface area contributed by atoms with Crippen molar-refractivity contribution < 1.29 is 33.5 Å². The summed E-state index contributed by atoms with van der Waals surface area (Å²) in [5, 5.41) is 3.40. The van der Waals surface area contributed by atoms with Gasteiger partial charge in [-0.2, -0.15) is 0 Å². The van der Waals surface area contributed by atoms with Gasteiger partial charge in [0.25, 0.3) is 11.8 Å². The Morgan fingerprint density at radius 2 is 1.42 bits per heavy atom. The summed E-state index contributed by atoms with van der Waals surface area (Å²) in [4.78, 5) is 69.0. The maximum absolute atomic E-state index is 13.4. The highest BCUT2D eigenvalue weighted by Gasteiger charge is 2.39. The fourth-order valence-electron chi connectivity index (χ4n) is 5.01. The number of imide groups is 1. The van der Waals surface area contributed by atoms with Crippen molar-refractivity contribution in [1.82, 2.24) is 10.4 Å². The van der Waals surface area contributed by atoms with E-state index in [1.54, 1.807) is 18.7 Å². The standard InChI is InChI=1S/C33H41N3O7/c1-32(2,31(41)43-36-29(39)17-18-30(36)40)22-42-33(3,4)19-20-34-27(37)15-16-28(38)35-21-25-11-6-5-9-23(25)13-14-24-10-7-8-12-26(24)35/h5-12H,13-22H2,1-4H3,(H,34,37). The molecule has 230 valence electrons. The van der Waals surface area contributed by atoms with Gasteiger partial charge in [0.15, 0.2) is 0 Å². The molecule has 2 aliphatic rings. The molecule has 2 aromatic carbocycles. The van der Waals surface area contributed by atoms with E-state index >= 15 is 0 Å². The molecule has 2 aromatic rings. The molecular formula is C33H41N3O7. The van der Waals surface area contributed by atoms with Crippen molar-refractivity contribution in [2.24, 2.45) is 5.41 Å². The highest BCUT2D eigenvalue weighted by atomic mass is 16.7. The minimum Gasteiger partial charge on any atom is -0.374 e. The lowest BCUT2D eigenvalue weighted by molar-refractivity contribution is -0.207. The number of aryl methyl sites for hydroxylation is 2. The average Bonchev–Trinajstić information content (AvgIpc) is 3.28. The monoisotopic (exact) mass is 591 g/mol. The second-order valence-electron chi connectivity index (χ2n) is 12.4. The van der Waals surface area contributed by atoms with Crippen LogP contribution in [0.15, 0.2) is 48.5 Å². The van der Waals surface area contributed by atoms with Gasteiger partial charge in [0.05, 0.1) is 24.2 Å². The molecule has 1 saturated heterocycles. The lowest BCUT2D eigenvalue weighted by Crippen LogP contribution is -2.42. The normalized spacial score (nSPS) is 15.3. The highest BCUT2D eigenvalue weighted by Crippen LogP contribution is 2.29. The third kappa shape index (κ3) is 8.28. The molecule has 0 unspecified atom stereocenters. The molecule has 0 radical (unpaired) electrons. The number of nitrogens with zero attached hydrogens (tertiary/aromatic N) is 2. The minimum atomic E-state index is -1.12. The first-order valence-electron chi connectivity index (χ1n) is 14.8. The number of nitrogens with one attached hydrogen (secondary N) is 1. The third-order valence-corrected chi connectivity index (χ3v) is 7.87. The van der Waals surface area contributed by atoms with Crippen LogP contribution < -0.4 is 10.2 Å². The fourth-order valence-corrected chi connectivity index (χ4v) is 5.01. The fraction of sp³-hybridized carbons (Fsp3) is 0.485. The Balaban J connectivity index is 1.24. The van der Waals surface area contributed by atoms with Gasteiger partial charge >= 0.3 is 5.97 Å². The number of benzene rings is 2. The first-order valence-corrected chi connectivity index (χ1v) is 14.8. The van der Waals surface area contributed by atoms with Crippen molar-refractivity contribution in [1.29, 1.82) is 0 Å². The molecular weight excluding hydrogens is 550 g/mol. The topological polar surface area (TPSA) is 122 Å². The van der Waals surface area contributed by atoms with Gasteiger partial charge in [0, 0.05) is 37.9 Å². The van der Waals surface area contributed by atoms with Crippen LogP contribution in [0.4, 0.5) is 5.69 Å². The summed E-state index contributed by atoms with van der Waals surface area (Å²) in [6.07, 6.45) is 2.41. The molecule has 0 spiro atoms. The number of rotatable bonds is 11. The van der Waals surface area contributed by atoms with Crippen LogP contribution in [0.3, 0.4) is 0 Å². The molecule has 0 aromatic heterocycles. The number of amides is 4. The number of fused-ring (bicyclic) bond motifs is 2. The van der Waals surface area contributed by atoms with Gasteiger partial charge in [-0.15, -0.1) is 5.06 Å². The lowest BCUT2D eigenvalue weighted by Gasteiger charge is -2.31. The van der Waals surface area contributed by atoms with E-state index in [9.17, 15) is 24.0 Å². The number of para-hydroxylation sites is 1. The summed E-state index contributed by atoms with van der Waals surface area (Å²) >= 11 is 0. The van der Waals surface area contributed by atoms with Crippen molar-refractivity contribution in [2.45, 2.75) is 84.8 Å².